The maximum absolute atomic E-state index is 10.7. The highest BCUT2D eigenvalue weighted by Gasteiger charge is 1.95. The van der Waals surface area contributed by atoms with Gasteiger partial charge in [0.1, 0.15) is 0 Å². The number of hydrogen-bond acceptors (Lipinski definition) is 3. The van der Waals surface area contributed by atoms with Crippen molar-refractivity contribution in [2.24, 2.45) is 5.73 Å². The highest BCUT2D eigenvalue weighted by molar-refractivity contribution is 5.77. The SMILES string of the molecule is CNCCCCCCCNC(=O)CN. The molecule has 0 atom stereocenters. The Bertz CT molecular complexity index is 139. The van der Waals surface area contributed by atoms with Crippen molar-refractivity contribution in [2.75, 3.05) is 26.7 Å². The molecular formula is C10H23N3O. The molecule has 0 fully saturated rings. The van der Waals surface area contributed by atoms with Gasteiger partial charge >= 0.3 is 0 Å². The molecule has 0 aromatic rings. The summed E-state index contributed by atoms with van der Waals surface area (Å²) in [5, 5.41) is 5.88. The summed E-state index contributed by atoms with van der Waals surface area (Å²) in [7, 11) is 1.97. The molecular weight excluding hydrogens is 178 g/mol. The lowest BCUT2D eigenvalue weighted by Gasteiger charge is -2.03. The van der Waals surface area contributed by atoms with Crippen LogP contribution in [0.15, 0.2) is 0 Å². The molecule has 0 heterocycles. The fraction of sp³-hybridized carbons (Fsp3) is 0.900. The van der Waals surface area contributed by atoms with E-state index in [1.807, 2.05) is 7.05 Å². The standard InChI is InChI=1S/C10H23N3O/c1-12-7-5-3-2-4-6-8-13-10(14)9-11/h12H,2-9,11H2,1H3,(H,13,14). The molecule has 0 aromatic carbocycles. The Morgan fingerprint density at radius 1 is 1.07 bits per heavy atom. The number of unbranched alkanes of at least 4 members (excludes halogenated alkanes) is 4. The van der Waals surface area contributed by atoms with Gasteiger partial charge in [-0.05, 0) is 26.4 Å². The van der Waals surface area contributed by atoms with Gasteiger partial charge in [0.25, 0.3) is 0 Å². The van der Waals surface area contributed by atoms with Crippen LogP contribution in [0.25, 0.3) is 0 Å². The maximum Gasteiger partial charge on any atom is 0.233 e. The summed E-state index contributed by atoms with van der Waals surface area (Å²) in [5.74, 6) is -0.0554. The van der Waals surface area contributed by atoms with Gasteiger partial charge in [-0.1, -0.05) is 19.3 Å². The van der Waals surface area contributed by atoms with Crippen LogP contribution in [0, 0.1) is 0 Å². The van der Waals surface area contributed by atoms with Crippen LogP contribution in [0.2, 0.25) is 0 Å². The fourth-order valence-electron chi connectivity index (χ4n) is 1.26. The summed E-state index contributed by atoms with van der Waals surface area (Å²) in [6.07, 6.45) is 6.01. The number of carbonyl (C=O) groups is 1. The third kappa shape index (κ3) is 9.48. The molecule has 4 nitrogen and oxygen atoms in total. The van der Waals surface area contributed by atoms with Gasteiger partial charge in [-0.2, -0.15) is 0 Å². The third-order valence-electron chi connectivity index (χ3n) is 2.11. The quantitative estimate of drug-likeness (QED) is 0.468. The summed E-state index contributed by atoms with van der Waals surface area (Å²) in [6.45, 7) is 1.97. The first-order valence-electron chi connectivity index (χ1n) is 5.42. The van der Waals surface area contributed by atoms with Crippen molar-refractivity contribution in [3.05, 3.63) is 0 Å². The lowest BCUT2D eigenvalue weighted by molar-refractivity contribution is -0.119. The third-order valence-corrected chi connectivity index (χ3v) is 2.11. The van der Waals surface area contributed by atoms with Crippen LogP contribution in [0.3, 0.4) is 0 Å². The monoisotopic (exact) mass is 201 g/mol. The van der Waals surface area contributed by atoms with Gasteiger partial charge in [0.05, 0.1) is 6.54 Å². The average molecular weight is 201 g/mol. The van der Waals surface area contributed by atoms with Crippen molar-refractivity contribution in [2.45, 2.75) is 32.1 Å². The minimum Gasteiger partial charge on any atom is -0.355 e. The fourth-order valence-corrected chi connectivity index (χ4v) is 1.26. The van der Waals surface area contributed by atoms with Crippen molar-refractivity contribution in [3.63, 3.8) is 0 Å². The average Bonchev–Trinajstić information content (AvgIpc) is 2.21. The van der Waals surface area contributed by atoms with E-state index in [-0.39, 0.29) is 12.5 Å². The number of amides is 1. The van der Waals surface area contributed by atoms with Crippen LogP contribution >= 0.6 is 0 Å². The van der Waals surface area contributed by atoms with Gasteiger partial charge < -0.3 is 16.4 Å². The largest absolute Gasteiger partial charge is 0.355 e. The van der Waals surface area contributed by atoms with Gasteiger partial charge in [-0.25, -0.2) is 0 Å². The summed E-state index contributed by atoms with van der Waals surface area (Å²) < 4.78 is 0. The normalized spacial score (nSPS) is 10.1. The minimum atomic E-state index is -0.0554. The number of carbonyl (C=O) groups excluding carboxylic acids is 1. The van der Waals surface area contributed by atoms with E-state index in [1.165, 1.54) is 25.7 Å². The first kappa shape index (κ1) is 13.4. The lowest BCUT2D eigenvalue weighted by atomic mass is 10.1. The van der Waals surface area contributed by atoms with Crippen molar-refractivity contribution in [1.29, 1.82) is 0 Å². The van der Waals surface area contributed by atoms with E-state index < -0.39 is 0 Å². The van der Waals surface area contributed by atoms with E-state index in [9.17, 15) is 4.79 Å². The van der Waals surface area contributed by atoms with E-state index in [2.05, 4.69) is 10.6 Å². The molecule has 14 heavy (non-hydrogen) atoms. The van der Waals surface area contributed by atoms with Crippen LogP contribution in [0.1, 0.15) is 32.1 Å². The molecule has 0 aromatic heterocycles. The summed E-state index contributed by atoms with van der Waals surface area (Å²) >= 11 is 0. The first-order valence-corrected chi connectivity index (χ1v) is 5.42. The Hall–Kier alpha value is -0.610. The molecule has 0 rings (SSSR count). The van der Waals surface area contributed by atoms with E-state index in [0.29, 0.717) is 0 Å². The molecule has 0 spiro atoms. The van der Waals surface area contributed by atoms with E-state index in [1.54, 1.807) is 0 Å². The Labute approximate surface area is 86.6 Å². The second-order valence-corrected chi connectivity index (χ2v) is 3.43. The van der Waals surface area contributed by atoms with Gasteiger partial charge in [0.15, 0.2) is 0 Å². The number of hydrogen-bond donors (Lipinski definition) is 3. The van der Waals surface area contributed by atoms with Crippen molar-refractivity contribution in [3.8, 4) is 0 Å². The smallest absolute Gasteiger partial charge is 0.233 e. The van der Waals surface area contributed by atoms with Crippen molar-refractivity contribution < 1.29 is 4.79 Å². The van der Waals surface area contributed by atoms with Crippen molar-refractivity contribution >= 4 is 5.91 Å². The molecule has 0 unspecified atom stereocenters. The molecule has 4 heteroatoms. The zero-order valence-electron chi connectivity index (χ0n) is 9.14. The molecule has 0 bridgehead atoms. The Balaban J connectivity index is 2.95. The molecule has 1 amide bonds. The highest BCUT2D eigenvalue weighted by atomic mass is 16.1. The topological polar surface area (TPSA) is 67.1 Å². The summed E-state index contributed by atoms with van der Waals surface area (Å²) in [6, 6.07) is 0. The Kier molecular flexibility index (Phi) is 10.0. The molecule has 0 radical (unpaired) electrons. The predicted molar refractivity (Wildman–Crippen MR) is 59.1 cm³/mol. The highest BCUT2D eigenvalue weighted by Crippen LogP contribution is 2.01. The van der Waals surface area contributed by atoms with Crippen LogP contribution in [0.5, 0.6) is 0 Å². The maximum atomic E-state index is 10.7. The Morgan fingerprint density at radius 3 is 2.21 bits per heavy atom. The first-order chi connectivity index (χ1) is 6.81. The molecule has 84 valence electrons. The van der Waals surface area contributed by atoms with Crippen LogP contribution in [-0.4, -0.2) is 32.6 Å². The second-order valence-electron chi connectivity index (χ2n) is 3.43. The number of nitrogens with one attached hydrogen (secondary N) is 2. The van der Waals surface area contributed by atoms with E-state index in [0.717, 1.165) is 19.5 Å². The molecule has 4 N–H and O–H groups in total. The molecule has 0 aliphatic heterocycles. The minimum absolute atomic E-state index is 0.0554. The second kappa shape index (κ2) is 10.5. The van der Waals surface area contributed by atoms with Gasteiger partial charge in [0.2, 0.25) is 5.91 Å². The summed E-state index contributed by atoms with van der Waals surface area (Å²) in [4.78, 5) is 10.7. The van der Waals surface area contributed by atoms with Crippen LogP contribution in [0.4, 0.5) is 0 Å². The molecule has 0 aliphatic carbocycles. The van der Waals surface area contributed by atoms with Crippen LogP contribution in [-0.2, 0) is 4.79 Å². The lowest BCUT2D eigenvalue weighted by Crippen LogP contribution is -2.30. The van der Waals surface area contributed by atoms with E-state index >= 15 is 0 Å². The Morgan fingerprint density at radius 2 is 1.64 bits per heavy atom. The molecule has 0 saturated carbocycles. The van der Waals surface area contributed by atoms with Crippen molar-refractivity contribution in [1.82, 2.24) is 10.6 Å². The van der Waals surface area contributed by atoms with Gasteiger partial charge in [-0.15, -0.1) is 0 Å². The van der Waals surface area contributed by atoms with Gasteiger partial charge in [-0.3, -0.25) is 4.79 Å². The zero-order chi connectivity index (χ0) is 10.6. The molecule has 0 aliphatic rings. The van der Waals surface area contributed by atoms with Crippen LogP contribution < -0.4 is 16.4 Å². The van der Waals surface area contributed by atoms with E-state index in [4.69, 9.17) is 5.73 Å². The van der Waals surface area contributed by atoms with Gasteiger partial charge in [0, 0.05) is 6.54 Å². The number of nitrogens with two attached hydrogens (primary N) is 1. The predicted octanol–water partition coefficient (Wildman–Crippen LogP) is 0.231. The molecule has 0 saturated heterocycles. The number of rotatable bonds is 9. The zero-order valence-corrected chi connectivity index (χ0v) is 9.14. The summed E-state index contributed by atoms with van der Waals surface area (Å²) in [5.41, 5.74) is 5.15.